The molecule has 2 rings (SSSR count). The number of hydrogen-bond acceptors (Lipinski definition) is 8. The molecule has 0 aromatic heterocycles. The van der Waals surface area contributed by atoms with E-state index < -0.39 is 5.60 Å². The number of carbonyl (C=O) groups is 1. The van der Waals surface area contributed by atoms with Crippen molar-refractivity contribution in [2.75, 3.05) is 25.0 Å². The fourth-order valence-electron chi connectivity index (χ4n) is 2.43. The molecule has 0 aliphatic heterocycles. The van der Waals surface area contributed by atoms with Gasteiger partial charge in [0.15, 0.2) is 0 Å². The second-order valence-corrected chi connectivity index (χ2v) is 7.74. The first-order valence-electron chi connectivity index (χ1n) is 8.67. The summed E-state index contributed by atoms with van der Waals surface area (Å²) in [5, 5.41) is 18.2. The molecule has 9 nitrogen and oxygen atoms in total. The van der Waals surface area contributed by atoms with Crippen molar-refractivity contribution in [1.29, 1.82) is 0 Å². The van der Waals surface area contributed by atoms with Gasteiger partial charge in [0.25, 0.3) is 5.91 Å². The van der Waals surface area contributed by atoms with Gasteiger partial charge in [0.1, 0.15) is 0 Å². The minimum Gasteiger partial charge on any atom is -0.386 e. The zero-order valence-corrected chi connectivity index (χ0v) is 17.6. The van der Waals surface area contributed by atoms with Crippen molar-refractivity contribution >= 4 is 34.2 Å². The number of hydrazone groups is 1. The molecule has 0 spiro atoms. The Bertz CT molecular complexity index is 879. The van der Waals surface area contributed by atoms with Crippen LogP contribution in [0, 0.1) is 0 Å². The molecule has 7 N–H and O–H groups in total. The first-order chi connectivity index (χ1) is 13.7. The van der Waals surface area contributed by atoms with Crippen molar-refractivity contribution in [3.8, 4) is 0 Å². The van der Waals surface area contributed by atoms with Gasteiger partial charge in [-0.05, 0) is 61.5 Å². The van der Waals surface area contributed by atoms with Crippen molar-refractivity contribution in [2.24, 2.45) is 16.8 Å². The maximum Gasteiger partial charge on any atom is 0.256 e. The maximum atomic E-state index is 13.0. The zero-order chi connectivity index (χ0) is 21.6. The van der Waals surface area contributed by atoms with Crippen molar-refractivity contribution in [3.05, 3.63) is 53.6 Å². The van der Waals surface area contributed by atoms with E-state index in [2.05, 4.69) is 15.9 Å². The van der Waals surface area contributed by atoms with E-state index in [4.69, 9.17) is 16.5 Å². The van der Waals surface area contributed by atoms with Gasteiger partial charge in [-0.2, -0.15) is 5.10 Å². The van der Waals surface area contributed by atoms with Crippen LogP contribution in [0.25, 0.3) is 0 Å². The summed E-state index contributed by atoms with van der Waals surface area (Å²) < 4.78 is 0. The van der Waals surface area contributed by atoms with E-state index in [9.17, 15) is 9.90 Å². The molecule has 0 aliphatic carbocycles. The molecule has 2 aromatic carbocycles. The fraction of sp³-hybridized carbons (Fsp3) is 0.263. The van der Waals surface area contributed by atoms with Crippen LogP contribution in [0.4, 0.5) is 11.4 Å². The quantitative estimate of drug-likeness (QED) is 0.158. The number of nitrogens with one attached hydrogen (secondary N) is 2. The second kappa shape index (κ2) is 9.61. The van der Waals surface area contributed by atoms with Crippen molar-refractivity contribution in [3.63, 3.8) is 0 Å². The summed E-state index contributed by atoms with van der Waals surface area (Å²) in [6.07, 6.45) is 0. The van der Waals surface area contributed by atoms with Gasteiger partial charge in [-0.15, -0.1) is 0 Å². The van der Waals surface area contributed by atoms with Gasteiger partial charge in [0, 0.05) is 17.6 Å². The summed E-state index contributed by atoms with van der Waals surface area (Å²) in [5.41, 5.74) is 4.06. The number of amides is 1. The van der Waals surface area contributed by atoms with Gasteiger partial charge >= 0.3 is 0 Å². The van der Waals surface area contributed by atoms with Gasteiger partial charge in [0.2, 0.25) is 5.17 Å². The first kappa shape index (κ1) is 22.5. The number of benzene rings is 2. The molecule has 0 saturated heterocycles. The van der Waals surface area contributed by atoms with E-state index in [1.165, 1.54) is 12.1 Å². The number of anilines is 2. The van der Waals surface area contributed by atoms with E-state index in [1.54, 1.807) is 63.4 Å². The summed E-state index contributed by atoms with van der Waals surface area (Å²) in [6, 6.07) is 12.1. The predicted molar refractivity (Wildman–Crippen MR) is 116 cm³/mol. The number of nitrogens with two attached hydrogens (primary N) is 2. The molecule has 2 aromatic rings. The number of nitrogens with zero attached hydrogens (tertiary/aromatic N) is 2. The number of hydrogen-bond donors (Lipinski definition) is 5. The first-order valence-corrected chi connectivity index (χ1v) is 9.49. The summed E-state index contributed by atoms with van der Waals surface area (Å²) in [5.74, 6) is 10.8. The van der Waals surface area contributed by atoms with E-state index in [0.29, 0.717) is 27.0 Å². The molecule has 0 saturated carbocycles. The van der Waals surface area contributed by atoms with Gasteiger partial charge in [-0.3, -0.25) is 20.1 Å². The Kier molecular flexibility index (Phi) is 7.46. The number of rotatable bonds is 6. The molecule has 0 heterocycles. The molecule has 29 heavy (non-hydrogen) atoms. The van der Waals surface area contributed by atoms with Gasteiger partial charge in [-0.25, -0.2) is 5.84 Å². The summed E-state index contributed by atoms with van der Waals surface area (Å²) in [6.45, 7) is 3.40. The smallest absolute Gasteiger partial charge is 0.256 e. The Morgan fingerprint density at radius 1 is 1.21 bits per heavy atom. The minimum atomic E-state index is -0.960. The lowest BCUT2D eigenvalue weighted by Crippen LogP contribution is -2.32. The third kappa shape index (κ3) is 6.09. The summed E-state index contributed by atoms with van der Waals surface area (Å²) in [7, 11) is 3.08. The number of amidine groups is 1. The van der Waals surface area contributed by atoms with Gasteiger partial charge < -0.3 is 16.3 Å². The van der Waals surface area contributed by atoms with Crippen LogP contribution >= 0.6 is 11.8 Å². The predicted octanol–water partition coefficient (Wildman–Crippen LogP) is 2.27. The van der Waals surface area contributed by atoms with Crippen molar-refractivity contribution < 1.29 is 14.7 Å². The molecule has 0 bridgehead atoms. The Morgan fingerprint density at radius 3 is 2.34 bits per heavy atom. The van der Waals surface area contributed by atoms with Crippen LogP contribution in [0.3, 0.4) is 0 Å². The largest absolute Gasteiger partial charge is 0.386 e. The number of carbonyl (C=O) groups excluding carboxylic acids is 1. The summed E-state index contributed by atoms with van der Waals surface area (Å²) >= 11 is 1.16. The third-order valence-electron chi connectivity index (χ3n) is 3.91. The Labute approximate surface area is 174 Å². The number of hydrazine groups is 1. The highest BCUT2D eigenvalue weighted by Gasteiger charge is 2.18. The highest BCUT2D eigenvalue weighted by Crippen LogP contribution is 2.28. The van der Waals surface area contributed by atoms with Crippen molar-refractivity contribution in [2.45, 2.75) is 24.3 Å². The highest BCUT2D eigenvalue weighted by atomic mass is 32.2. The standard InChI is InChI=1S/C19H26N6O3S/c1-19(2,27)12-5-7-13(8-6-12)22-17(26)15-11-14(24-28-4)9-10-16(15)29-18(23-20)25(3)21/h5-11,24,27H,20-21H2,1-4H3,(H,22,26)/b23-18+. The topological polar surface area (TPSA) is 138 Å². The Balaban J connectivity index is 2.32. The second-order valence-electron chi connectivity index (χ2n) is 6.73. The Hall–Kier alpha value is -2.79. The fourth-order valence-corrected chi connectivity index (χ4v) is 3.22. The van der Waals surface area contributed by atoms with E-state index >= 15 is 0 Å². The SMILES string of the molecule is CONc1ccc(S/C(=N/N)N(C)N)c(C(=O)Nc2ccc(C(C)(C)O)cc2)c1. The summed E-state index contributed by atoms with van der Waals surface area (Å²) in [4.78, 5) is 18.5. The molecular weight excluding hydrogens is 392 g/mol. The molecule has 0 radical (unpaired) electrons. The highest BCUT2D eigenvalue weighted by molar-refractivity contribution is 8.13. The van der Waals surface area contributed by atoms with E-state index in [0.717, 1.165) is 17.3 Å². The average Bonchev–Trinajstić information content (AvgIpc) is 2.66. The van der Waals surface area contributed by atoms with E-state index in [-0.39, 0.29) is 5.91 Å². The van der Waals surface area contributed by atoms with Crippen molar-refractivity contribution in [1.82, 2.24) is 5.01 Å². The van der Waals surface area contributed by atoms with Crippen LogP contribution in [0.2, 0.25) is 0 Å². The molecule has 0 unspecified atom stereocenters. The number of thioether (sulfide) groups is 1. The van der Waals surface area contributed by atoms with Crippen LogP contribution in [0.15, 0.2) is 52.5 Å². The van der Waals surface area contributed by atoms with Crippen LogP contribution < -0.4 is 22.5 Å². The molecular formula is C19H26N6O3S. The Morgan fingerprint density at radius 2 is 1.83 bits per heavy atom. The lowest BCUT2D eigenvalue weighted by atomic mass is 9.98. The van der Waals surface area contributed by atoms with Gasteiger partial charge in [-0.1, -0.05) is 12.1 Å². The minimum absolute atomic E-state index is 0.334. The van der Waals surface area contributed by atoms with Crippen LogP contribution in [-0.4, -0.2) is 35.3 Å². The molecule has 156 valence electrons. The van der Waals surface area contributed by atoms with Crippen LogP contribution in [-0.2, 0) is 10.4 Å². The van der Waals surface area contributed by atoms with Gasteiger partial charge in [0.05, 0.1) is 24.0 Å². The van der Waals surface area contributed by atoms with Crippen LogP contribution in [0.1, 0.15) is 29.8 Å². The lowest BCUT2D eigenvalue weighted by molar-refractivity contribution is 0.0786. The molecule has 0 atom stereocenters. The third-order valence-corrected chi connectivity index (χ3v) is 5.06. The molecule has 0 aliphatic rings. The normalized spacial score (nSPS) is 11.9. The molecule has 10 heteroatoms. The lowest BCUT2D eigenvalue weighted by Gasteiger charge is -2.18. The zero-order valence-electron chi connectivity index (χ0n) is 16.8. The number of aliphatic hydroxyl groups is 1. The average molecular weight is 419 g/mol. The molecule has 1 amide bonds. The molecule has 0 fully saturated rings. The van der Waals surface area contributed by atoms with E-state index in [1.807, 2.05) is 0 Å². The monoisotopic (exact) mass is 418 g/mol. The van der Waals surface area contributed by atoms with Crippen LogP contribution in [0.5, 0.6) is 0 Å². The maximum absolute atomic E-state index is 13.0.